The molecule has 1 fully saturated rings. The number of esters is 1. The number of carbonyl (C=O) groups is 1. The van der Waals surface area contributed by atoms with E-state index in [2.05, 4.69) is 0 Å². The number of allylic oxidation sites excluding steroid dienone is 1. The number of unbranched alkanes of at least 4 members (excludes halogenated alkanes) is 2. The normalized spacial score (nSPS) is 19.6. The van der Waals surface area contributed by atoms with Gasteiger partial charge in [0.2, 0.25) is 0 Å². The monoisotopic (exact) mass is 226 g/mol. The Bertz CT molecular complexity index is 242. The van der Waals surface area contributed by atoms with E-state index in [1.165, 1.54) is 6.42 Å². The summed E-state index contributed by atoms with van der Waals surface area (Å²) in [5.41, 5.74) is 0.717. The smallest absolute Gasteiger partial charge is 0.333 e. The zero-order valence-electron chi connectivity index (χ0n) is 10.3. The van der Waals surface area contributed by atoms with E-state index in [4.69, 9.17) is 9.47 Å². The second-order valence-corrected chi connectivity index (χ2v) is 4.24. The average Bonchev–Trinajstić information content (AvgIpc) is 3.07. The molecule has 1 aliphatic heterocycles. The minimum atomic E-state index is -0.174. The standard InChI is InChI=1S/C13H22O3/c1-3-7-11(2)13(14)15-9-6-4-5-8-12-10-16-12/h7,12H,3-6,8-10H2,1-2H3/b11-7+. The lowest BCUT2D eigenvalue weighted by Gasteiger charge is -2.04. The van der Waals surface area contributed by atoms with Crippen molar-refractivity contribution in [3.8, 4) is 0 Å². The van der Waals surface area contributed by atoms with Gasteiger partial charge < -0.3 is 9.47 Å². The number of hydrogen-bond acceptors (Lipinski definition) is 3. The lowest BCUT2D eigenvalue weighted by Crippen LogP contribution is -2.07. The molecule has 0 radical (unpaired) electrons. The molecule has 0 aromatic heterocycles. The molecule has 0 amide bonds. The fraction of sp³-hybridized carbons (Fsp3) is 0.769. The van der Waals surface area contributed by atoms with Gasteiger partial charge in [0.15, 0.2) is 0 Å². The third kappa shape index (κ3) is 5.91. The highest BCUT2D eigenvalue weighted by molar-refractivity contribution is 5.87. The number of epoxide rings is 1. The molecule has 92 valence electrons. The molecule has 16 heavy (non-hydrogen) atoms. The molecule has 0 aliphatic carbocycles. The van der Waals surface area contributed by atoms with Gasteiger partial charge in [0.1, 0.15) is 0 Å². The highest BCUT2D eigenvalue weighted by atomic mass is 16.6. The molecule has 1 heterocycles. The van der Waals surface area contributed by atoms with Gasteiger partial charge in [-0.2, -0.15) is 0 Å². The maximum Gasteiger partial charge on any atom is 0.333 e. The third-order valence-corrected chi connectivity index (χ3v) is 2.64. The summed E-state index contributed by atoms with van der Waals surface area (Å²) < 4.78 is 10.3. The van der Waals surface area contributed by atoms with Crippen LogP contribution >= 0.6 is 0 Å². The Morgan fingerprint density at radius 3 is 2.81 bits per heavy atom. The lowest BCUT2D eigenvalue weighted by atomic mass is 10.1. The molecule has 1 saturated heterocycles. The Morgan fingerprint density at radius 2 is 2.19 bits per heavy atom. The molecule has 0 aromatic carbocycles. The number of ether oxygens (including phenoxy) is 2. The molecule has 1 rings (SSSR count). The predicted molar refractivity (Wildman–Crippen MR) is 63.2 cm³/mol. The molecule has 0 bridgehead atoms. The van der Waals surface area contributed by atoms with Crippen LogP contribution in [0.25, 0.3) is 0 Å². The van der Waals surface area contributed by atoms with Crippen molar-refractivity contribution in [1.29, 1.82) is 0 Å². The van der Waals surface area contributed by atoms with E-state index >= 15 is 0 Å². The summed E-state index contributed by atoms with van der Waals surface area (Å²) in [5.74, 6) is -0.174. The van der Waals surface area contributed by atoms with Crippen LogP contribution in [-0.2, 0) is 14.3 Å². The minimum Gasteiger partial charge on any atom is -0.462 e. The summed E-state index contributed by atoms with van der Waals surface area (Å²) in [5, 5.41) is 0. The quantitative estimate of drug-likeness (QED) is 0.276. The van der Waals surface area contributed by atoms with Crippen LogP contribution in [0, 0.1) is 0 Å². The first kappa shape index (κ1) is 13.2. The first-order chi connectivity index (χ1) is 7.74. The zero-order chi connectivity index (χ0) is 11.8. The van der Waals surface area contributed by atoms with Gasteiger partial charge in [-0.15, -0.1) is 0 Å². The Morgan fingerprint density at radius 1 is 1.44 bits per heavy atom. The van der Waals surface area contributed by atoms with Crippen molar-refractivity contribution in [3.63, 3.8) is 0 Å². The molecule has 0 spiro atoms. The van der Waals surface area contributed by atoms with Gasteiger partial charge in [0.05, 0.1) is 19.3 Å². The Balaban J connectivity index is 1.92. The summed E-state index contributed by atoms with van der Waals surface area (Å²) in [6.07, 6.45) is 7.70. The molecule has 3 nitrogen and oxygen atoms in total. The lowest BCUT2D eigenvalue weighted by molar-refractivity contribution is -0.139. The van der Waals surface area contributed by atoms with Gasteiger partial charge in [0.25, 0.3) is 0 Å². The largest absolute Gasteiger partial charge is 0.462 e. The van der Waals surface area contributed by atoms with E-state index in [9.17, 15) is 4.79 Å². The number of carbonyl (C=O) groups excluding carboxylic acids is 1. The number of rotatable bonds is 8. The van der Waals surface area contributed by atoms with Crippen molar-refractivity contribution >= 4 is 5.97 Å². The highest BCUT2D eigenvalue weighted by Crippen LogP contribution is 2.17. The van der Waals surface area contributed by atoms with E-state index in [0.29, 0.717) is 18.3 Å². The molecule has 3 heteroatoms. The molecule has 1 unspecified atom stereocenters. The summed E-state index contributed by atoms with van der Waals surface area (Å²) in [4.78, 5) is 11.4. The summed E-state index contributed by atoms with van der Waals surface area (Å²) in [6.45, 7) is 5.29. The van der Waals surface area contributed by atoms with Crippen LogP contribution in [0.15, 0.2) is 11.6 Å². The second kappa shape index (κ2) is 7.44. The molecule has 0 saturated carbocycles. The minimum absolute atomic E-state index is 0.174. The molecule has 1 aliphatic rings. The van der Waals surface area contributed by atoms with Crippen LogP contribution in [0.4, 0.5) is 0 Å². The summed E-state index contributed by atoms with van der Waals surface area (Å²) in [6, 6.07) is 0. The molecule has 0 N–H and O–H groups in total. The van der Waals surface area contributed by atoms with Crippen molar-refractivity contribution in [2.75, 3.05) is 13.2 Å². The van der Waals surface area contributed by atoms with Crippen LogP contribution in [0.5, 0.6) is 0 Å². The molecular weight excluding hydrogens is 204 g/mol. The fourth-order valence-electron chi connectivity index (χ4n) is 1.55. The Hall–Kier alpha value is -0.830. The van der Waals surface area contributed by atoms with E-state index < -0.39 is 0 Å². The zero-order valence-corrected chi connectivity index (χ0v) is 10.3. The maximum atomic E-state index is 11.4. The van der Waals surface area contributed by atoms with Gasteiger partial charge in [-0.25, -0.2) is 4.79 Å². The van der Waals surface area contributed by atoms with Crippen molar-refractivity contribution in [2.45, 2.75) is 52.1 Å². The molecule has 0 aromatic rings. The van der Waals surface area contributed by atoms with Gasteiger partial charge in [-0.1, -0.05) is 19.4 Å². The van der Waals surface area contributed by atoms with E-state index in [0.717, 1.165) is 32.3 Å². The van der Waals surface area contributed by atoms with E-state index in [1.807, 2.05) is 13.0 Å². The number of hydrogen-bond donors (Lipinski definition) is 0. The second-order valence-electron chi connectivity index (χ2n) is 4.24. The highest BCUT2D eigenvalue weighted by Gasteiger charge is 2.20. The summed E-state index contributed by atoms with van der Waals surface area (Å²) in [7, 11) is 0. The van der Waals surface area contributed by atoms with Gasteiger partial charge >= 0.3 is 5.97 Å². The van der Waals surface area contributed by atoms with Crippen LogP contribution in [0.2, 0.25) is 0 Å². The molecule has 1 atom stereocenters. The topological polar surface area (TPSA) is 38.8 Å². The Kier molecular flexibility index (Phi) is 6.16. The molecular formula is C13H22O3. The van der Waals surface area contributed by atoms with Crippen molar-refractivity contribution in [3.05, 3.63) is 11.6 Å². The van der Waals surface area contributed by atoms with Crippen LogP contribution in [-0.4, -0.2) is 25.3 Å². The van der Waals surface area contributed by atoms with Gasteiger partial charge in [0, 0.05) is 5.57 Å². The van der Waals surface area contributed by atoms with Crippen molar-refractivity contribution < 1.29 is 14.3 Å². The van der Waals surface area contributed by atoms with Crippen LogP contribution in [0.1, 0.15) is 46.0 Å². The van der Waals surface area contributed by atoms with Crippen molar-refractivity contribution in [1.82, 2.24) is 0 Å². The van der Waals surface area contributed by atoms with Crippen LogP contribution < -0.4 is 0 Å². The van der Waals surface area contributed by atoms with Gasteiger partial charge in [-0.05, 0) is 32.6 Å². The Labute approximate surface area is 97.8 Å². The van der Waals surface area contributed by atoms with E-state index in [1.54, 1.807) is 6.92 Å². The maximum absolute atomic E-state index is 11.4. The van der Waals surface area contributed by atoms with E-state index in [-0.39, 0.29) is 5.97 Å². The fourth-order valence-corrected chi connectivity index (χ4v) is 1.55. The van der Waals surface area contributed by atoms with Gasteiger partial charge in [-0.3, -0.25) is 0 Å². The van der Waals surface area contributed by atoms with Crippen LogP contribution in [0.3, 0.4) is 0 Å². The third-order valence-electron chi connectivity index (χ3n) is 2.64. The average molecular weight is 226 g/mol. The predicted octanol–water partition coefficient (Wildman–Crippen LogP) is 2.85. The SMILES string of the molecule is CC/C=C(\C)C(=O)OCCCCCC1CO1. The first-order valence-electron chi connectivity index (χ1n) is 6.19. The van der Waals surface area contributed by atoms with Crippen molar-refractivity contribution in [2.24, 2.45) is 0 Å². The summed E-state index contributed by atoms with van der Waals surface area (Å²) >= 11 is 0. The first-order valence-corrected chi connectivity index (χ1v) is 6.19.